The highest BCUT2D eigenvalue weighted by Gasteiger charge is 2.11. The number of sulfonamides is 1. The van der Waals surface area contributed by atoms with E-state index in [1.54, 1.807) is 19.1 Å². The van der Waals surface area contributed by atoms with E-state index in [9.17, 15) is 18.3 Å². The lowest BCUT2D eigenvalue weighted by molar-refractivity contribution is 0.0952. The van der Waals surface area contributed by atoms with Crippen LogP contribution in [0.15, 0.2) is 48.5 Å². The molecule has 26 heavy (non-hydrogen) atoms. The van der Waals surface area contributed by atoms with Gasteiger partial charge in [-0.05, 0) is 35.7 Å². The Kier molecular flexibility index (Phi) is 6.52. The van der Waals surface area contributed by atoms with Crippen molar-refractivity contribution in [1.29, 1.82) is 0 Å². The summed E-state index contributed by atoms with van der Waals surface area (Å²) in [6.07, 6.45) is 0.623. The van der Waals surface area contributed by atoms with E-state index in [-0.39, 0.29) is 19.0 Å². The zero-order chi connectivity index (χ0) is 19.3. The molecular formula is C19H24N2O4S. The lowest BCUT2D eigenvalue weighted by atomic mass is 10.0. The number of nitrogens with one attached hydrogen (secondary N) is 1. The van der Waals surface area contributed by atoms with Gasteiger partial charge in [-0.1, -0.05) is 36.4 Å². The number of aliphatic hydroxyl groups excluding tert-OH is 1. The van der Waals surface area contributed by atoms with E-state index in [0.717, 1.165) is 22.9 Å². The van der Waals surface area contributed by atoms with Crippen molar-refractivity contribution >= 4 is 15.9 Å². The lowest BCUT2D eigenvalue weighted by Crippen LogP contribution is -2.35. The van der Waals surface area contributed by atoms with Crippen molar-refractivity contribution in [3.63, 3.8) is 0 Å². The Hall–Kier alpha value is -2.22. The molecule has 0 radical (unpaired) electrons. The number of carbonyl (C=O) groups is 1. The second kappa shape index (κ2) is 8.44. The average Bonchev–Trinajstić information content (AvgIpc) is 2.61. The first kappa shape index (κ1) is 20.1. The van der Waals surface area contributed by atoms with E-state index in [2.05, 4.69) is 5.32 Å². The van der Waals surface area contributed by atoms with Crippen LogP contribution in [0.5, 0.6) is 0 Å². The summed E-state index contributed by atoms with van der Waals surface area (Å²) in [6.45, 7) is 2.18. The summed E-state index contributed by atoms with van der Waals surface area (Å²) in [5, 5.41) is 12.3. The van der Waals surface area contributed by atoms with Crippen molar-refractivity contribution < 1.29 is 18.3 Å². The molecule has 0 saturated carbocycles. The molecule has 0 aliphatic heterocycles. The summed E-state index contributed by atoms with van der Waals surface area (Å²) in [7, 11) is -1.77. The van der Waals surface area contributed by atoms with Gasteiger partial charge in [0.1, 0.15) is 0 Å². The van der Waals surface area contributed by atoms with E-state index < -0.39 is 16.1 Å². The van der Waals surface area contributed by atoms with Crippen LogP contribution in [0.4, 0.5) is 0 Å². The summed E-state index contributed by atoms with van der Waals surface area (Å²) in [6, 6.07) is 14.8. The van der Waals surface area contributed by atoms with Crippen LogP contribution in [0.3, 0.4) is 0 Å². The summed E-state index contributed by atoms with van der Waals surface area (Å²) < 4.78 is 23.8. The molecule has 1 amide bonds. The molecule has 0 bridgehead atoms. The summed E-state index contributed by atoms with van der Waals surface area (Å²) in [4.78, 5) is 12.1. The SMILES string of the molecule is C[C@@H](O)c1ccc(-c2ccc(C(=O)NCCN(C)S(C)(=O)=O)cc2)cc1. The van der Waals surface area contributed by atoms with Crippen molar-refractivity contribution in [2.24, 2.45) is 0 Å². The molecule has 2 aromatic carbocycles. The smallest absolute Gasteiger partial charge is 0.251 e. The zero-order valence-electron chi connectivity index (χ0n) is 15.1. The van der Waals surface area contributed by atoms with E-state index in [0.29, 0.717) is 5.56 Å². The fourth-order valence-electron chi connectivity index (χ4n) is 2.36. The van der Waals surface area contributed by atoms with Crippen molar-refractivity contribution in [2.75, 3.05) is 26.4 Å². The first-order valence-electron chi connectivity index (χ1n) is 8.26. The van der Waals surface area contributed by atoms with Crippen LogP contribution in [0.1, 0.15) is 28.9 Å². The number of hydrogen-bond acceptors (Lipinski definition) is 4. The van der Waals surface area contributed by atoms with Crippen LogP contribution in [-0.4, -0.2) is 50.1 Å². The first-order chi connectivity index (χ1) is 12.2. The molecule has 2 aromatic rings. The van der Waals surface area contributed by atoms with E-state index in [4.69, 9.17) is 0 Å². The van der Waals surface area contributed by atoms with Gasteiger partial charge in [0.05, 0.1) is 12.4 Å². The number of hydrogen-bond donors (Lipinski definition) is 2. The standard InChI is InChI=1S/C19H24N2O4S/c1-14(22)15-4-6-16(7-5-15)17-8-10-18(11-9-17)19(23)20-12-13-21(2)26(3,24)25/h4-11,14,22H,12-13H2,1-3H3,(H,20,23)/t14-/m1/s1. The molecule has 0 heterocycles. The summed E-state index contributed by atoms with van der Waals surface area (Å²) in [5.41, 5.74) is 3.33. The van der Waals surface area contributed by atoms with Crippen LogP contribution < -0.4 is 5.32 Å². The summed E-state index contributed by atoms with van der Waals surface area (Å²) >= 11 is 0. The second-order valence-electron chi connectivity index (χ2n) is 6.22. The van der Waals surface area contributed by atoms with E-state index in [1.807, 2.05) is 36.4 Å². The maximum Gasteiger partial charge on any atom is 0.251 e. The number of aliphatic hydroxyl groups is 1. The fourth-order valence-corrected chi connectivity index (χ4v) is 2.79. The highest BCUT2D eigenvalue weighted by Crippen LogP contribution is 2.22. The third kappa shape index (κ3) is 5.39. The Labute approximate surface area is 154 Å². The third-order valence-electron chi connectivity index (χ3n) is 4.15. The van der Waals surface area contributed by atoms with Gasteiger partial charge in [-0.3, -0.25) is 4.79 Å². The normalized spacial score (nSPS) is 12.8. The van der Waals surface area contributed by atoms with E-state index in [1.165, 1.54) is 11.4 Å². The van der Waals surface area contributed by atoms with Crippen LogP contribution in [0, 0.1) is 0 Å². The van der Waals surface area contributed by atoms with Crippen LogP contribution in [0.2, 0.25) is 0 Å². The Balaban J connectivity index is 1.97. The third-order valence-corrected chi connectivity index (χ3v) is 5.47. The Morgan fingerprint density at radius 3 is 2.04 bits per heavy atom. The molecule has 0 fully saturated rings. The monoisotopic (exact) mass is 376 g/mol. The predicted octanol–water partition coefficient (Wildman–Crippen LogP) is 2.03. The highest BCUT2D eigenvalue weighted by atomic mass is 32.2. The molecule has 0 aromatic heterocycles. The molecular weight excluding hydrogens is 352 g/mol. The van der Waals surface area contributed by atoms with Gasteiger partial charge in [0.15, 0.2) is 0 Å². The van der Waals surface area contributed by atoms with Gasteiger partial charge in [0, 0.05) is 25.7 Å². The van der Waals surface area contributed by atoms with Crippen LogP contribution in [-0.2, 0) is 10.0 Å². The molecule has 0 aliphatic carbocycles. The Bertz CT molecular complexity index is 844. The fraction of sp³-hybridized carbons (Fsp3) is 0.316. The average molecular weight is 376 g/mol. The topological polar surface area (TPSA) is 86.7 Å². The number of carbonyl (C=O) groups excluding carboxylic acids is 1. The molecule has 0 unspecified atom stereocenters. The maximum absolute atomic E-state index is 12.1. The Morgan fingerprint density at radius 2 is 1.58 bits per heavy atom. The Morgan fingerprint density at radius 1 is 1.08 bits per heavy atom. The van der Waals surface area contributed by atoms with Crippen molar-refractivity contribution in [2.45, 2.75) is 13.0 Å². The molecule has 0 spiro atoms. The van der Waals surface area contributed by atoms with Gasteiger partial charge in [-0.25, -0.2) is 12.7 Å². The number of amides is 1. The number of nitrogens with zero attached hydrogens (tertiary/aromatic N) is 1. The molecule has 1 atom stereocenters. The summed E-state index contributed by atoms with van der Waals surface area (Å²) in [5.74, 6) is -0.247. The molecule has 7 heteroatoms. The molecule has 0 saturated heterocycles. The minimum Gasteiger partial charge on any atom is -0.389 e. The second-order valence-corrected chi connectivity index (χ2v) is 8.31. The molecule has 6 nitrogen and oxygen atoms in total. The molecule has 0 aliphatic rings. The molecule has 2 rings (SSSR count). The van der Waals surface area contributed by atoms with Crippen molar-refractivity contribution in [3.05, 3.63) is 59.7 Å². The maximum atomic E-state index is 12.1. The molecule has 2 N–H and O–H groups in total. The number of likely N-dealkylation sites (N-methyl/N-ethyl adjacent to an activating group) is 1. The number of rotatable bonds is 7. The van der Waals surface area contributed by atoms with Crippen molar-refractivity contribution in [1.82, 2.24) is 9.62 Å². The predicted molar refractivity (Wildman–Crippen MR) is 102 cm³/mol. The quantitative estimate of drug-likeness (QED) is 0.774. The first-order valence-corrected chi connectivity index (χ1v) is 10.1. The minimum atomic E-state index is -3.24. The van der Waals surface area contributed by atoms with Crippen molar-refractivity contribution in [3.8, 4) is 11.1 Å². The van der Waals surface area contributed by atoms with Gasteiger partial charge in [-0.2, -0.15) is 0 Å². The minimum absolute atomic E-state index is 0.221. The lowest BCUT2D eigenvalue weighted by Gasteiger charge is -2.14. The largest absolute Gasteiger partial charge is 0.389 e. The van der Waals surface area contributed by atoms with Crippen LogP contribution in [0.25, 0.3) is 11.1 Å². The molecule has 140 valence electrons. The zero-order valence-corrected chi connectivity index (χ0v) is 16.0. The van der Waals surface area contributed by atoms with Gasteiger partial charge >= 0.3 is 0 Å². The number of benzene rings is 2. The van der Waals surface area contributed by atoms with Gasteiger partial charge in [0.2, 0.25) is 10.0 Å². The van der Waals surface area contributed by atoms with Gasteiger partial charge in [0.25, 0.3) is 5.91 Å². The van der Waals surface area contributed by atoms with E-state index >= 15 is 0 Å². The highest BCUT2D eigenvalue weighted by molar-refractivity contribution is 7.88. The van der Waals surface area contributed by atoms with Crippen LogP contribution >= 0.6 is 0 Å². The van der Waals surface area contributed by atoms with Gasteiger partial charge < -0.3 is 10.4 Å². The van der Waals surface area contributed by atoms with Gasteiger partial charge in [-0.15, -0.1) is 0 Å².